The summed E-state index contributed by atoms with van der Waals surface area (Å²) in [6, 6.07) is 6.91. The van der Waals surface area contributed by atoms with Gasteiger partial charge in [0, 0.05) is 25.2 Å². The number of nitrogens with one attached hydrogen (secondary N) is 1. The van der Waals surface area contributed by atoms with Crippen LogP contribution in [0.15, 0.2) is 24.3 Å². The molecule has 2 atom stereocenters. The molecule has 21 heavy (non-hydrogen) atoms. The number of amides is 1. The van der Waals surface area contributed by atoms with Gasteiger partial charge in [-0.05, 0) is 37.6 Å². The average molecular weight is 310 g/mol. The van der Waals surface area contributed by atoms with Gasteiger partial charge in [-0.15, -0.1) is 0 Å². The number of anilines is 1. The first-order valence-corrected chi connectivity index (χ1v) is 8.36. The fraction of sp³-hybridized carbons (Fsp3) is 0.500. The highest BCUT2D eigenvalue weighted by Crippen LogP contribution is 2.57. The Kier molecular flexibility index (Phi) is 3.22. The number of sulfonamides is 1. The van der Waals surface area contributed by atoms with Crippen molar-refractivity contribution in [3.63, 3.8) is 0 Å². The third kappa shape index (κ3) is 2.03. The summed E-state index contributed by atoms with van der Waals surface area (Å²) in [7, 11) is -2.01. The van der Waals surface area contributed by atoms with Crippen molar-refractivity contribution in [1.82, 2.24) is 4.31 Å². The molecule has 1 aliphatic heterocycles. The summed E-state index contributed by atoms with van der Waals surface area (Å²) in [5, 5.41) is 2.71. The largest absolute Gasteiger partial charge is 0.494 e. The Bertz CT molecular complexity index is 671. The molecule has 1 aromatic rings. The van der Waals surface area contributed by atoms with E-state index >= 15 is 0 Å². The summed E-state index contributed by atoms with van der Waals surface area (Å²) in [6.07, 6.45) is 0.419. The minimum Gasteiger partial charge on any atom is -0.494 e. The molecule has 6 nitrogen and oxygen atoms in total. The maximum absolute atomic E-state index is 12.4. The topological polar surface area (TPSA) is 75.7 Å². The summed E-state index contributed by atoms with van der Waals surface area (Å²) < 4.78 is 29.9. The Labute approximate surface area is 124 Å². The van der Waals surface area contributed by atoms with Crippen molar-refractivity contribution in [2.75, 3.05) is 25.5 Å². The summed E-state index contributed by atoms with van der Waals surface area (Å²) in [5.41, 5.74) is 0.577. The Balaban J connectivity index is 1.76. The average Bonchev–Trinajstić information content (AvgIpc) is 3.12. The van der Waals surface area contributed by atoms with Crippen molar-refractivity contribution in [3.05, 3.63) is 24.3 Å². The SMILES string of the molecule is CCOc1ccc(NC(=O)[C@]23C[C@H]2CN(C)S3(=O)=O)cc1. The second-order valence-electron chi connectivity index (χ2n) is 5.49. The van der Waals surface area contributed by atoms with E-state index in [2.05, 4.69) is 5.32 Å². The highest BCUT2D eigenvalue weighted by Gasteiger charge is 2.74. The van der Waals surface area contributed by atoms with E-state index in [1.54, 1.807) is 24.3 Å². The zero-order valence-corrected chi connectivity index (χ0v) is 12.8. The number of carbonyl (C=O) groups is 1. The van der Waals surface area contributed by atoms with E-state index in [1.165, 1.54) is 11.4 Å². The number of ether oxygens (including phenoxy) is 1. The van der Waals surface area contributed by atoms with Crippen LogP contribution in [0.5, 0.6) is 5.75 Å². The molecule has 0 radical (unpaired) electrons. The van der Waals surface area contributed by atoms with Crippen LogP contribution in [0.25, 0.3) is 0 Å². The number of carbonyl (C=O) groups excluding carboxylic acids is 1. The molecule has 1 heterocycles. The van der Waals surface area contributed by atoms with Gasteiger partial charge in [-0.25, -0.2) is 12.7 Å². The number of benzene rings is 1. The summed E-state index contributed by atoms with van der Waals surface area (Å²) in [4.78, 5) is 12.4. The molecule has 0 unspecified atom stereocenters. The molecule has 1 amide bonds. The van der Waals surface area contributed by atoms with E-state index in [-0.39, 0.29) is 5.92 Å². The van der Waals surface area contributed by atoms with Crippen LogP contribution in [0, 0.1) is 5.92 Å². The first-order valence-electron chi connectivity index (χ1n) is 6.92. The molecular weight excluding hydrogens is 292 g/mol. The van der Waals surface area contributed by atoms with E-state index in [1.807, 2.05) is 6.92 Å². The van der Waals surface area contributed by atoms with E-state index in [0.717, 1.165) is 0 Å². The van der Waals surface area contributed by atoms with E-state index < -0.39 is 20.7 Å². The minimum atomic E-state index is -3.53. The lowest BCUT2D eigenvalue weighted by molar-refractivity contribution is -0.116. The van der Waals surface area contributed by atoms with Gasteiger partial charge in [0.2, 0.25) is 15.9 Å². The lowest BCUT2D eigenvalue weighted by atomic mass is 10.2. The number of hydrogen-bond acceptors (Lipinski definition) is 4. The van der Waals surface area contributed by atoms with Gasteiger partial charge >= 0.3 is 0 Å². The number of rotatable bonds is 4. The third-order valence-corrected chi connectivity index (χ3v) is 6.78. The Morgan fingerprint density at radius 2 is 2.10 bits per heavy atom. The van der Waals surface area contributed by atoms with Crippen LogP contribution in [-0.2, 0) is 14.8 Å². The zero-order valence-electron chi connectivity index (χ0n) is 12.0. The van der Waals surface area contributed by atoms with Crippen molar-refractivity contribution in [2.24, 2.45) is 5.92 Å². The molecule has 1 aromatic carbocycles. The standard InChI is InChI=1S/C14H18N2O4S/c1-3-20-12-6-4-11(5-7-12)15-13(17)14-8-10(14)9-16(2)21(14,18)19/h4-7,10H,3,8-9H2,1-2H3,(H,15,17)/t10-,14-/m0/s1. The Morgan fingerprint density at radius 1 is 1.43 bits per heavy atom. The van der Waals surface area contributed by atoms with Gasteiger partial charge in [0.25, 0.3) is 0 Å². The quantitative estimate of drug-likeness (QED) is 0.902. The molecule has 0 spiro atoms. The third-order valence-electron chi connectivity index (χ3n) is 4.20. The van der Waals surface area contributed by atoms with Crippen LogP contribution < -0.4 is 10.1 Å². The van der Waals surface area contributed by atoms with Crippen molar-refractivity contribution in [1.29, 1.82) is 0 Å². The van der Waals surface area contributed by atoms with Crippen molar-refractivity contribution in [3.8, 4) is 5.75 Å². The van der Waals surface area contributed by atoms with Gasteiger partial charge in [0.15, 0.2) is 4.75 Å². The predicted molar refractivity (Wildman–Crippen MR) is 78.6 cm³/mol. The van der Waals surface area contributed by atoms with Crippen molar-refractivity contribution in [2.45, 2.75) is 18.1 Å². The van der Waals surface area contributed by atoms with Crippen LogP contribution >= 0.6 is 0 Å². The van der Waals surface area contributed by atoms with Crippen LogP contribution in [-0.4, -0.2) is 43.6 Å². The van der Waals surface area contributed by atoms with Gasteiger partial charge < -0.3 is 10.1 Å². The van der Waals surface area contributed by atoms with Crippen LogP contribution in [0.4, 0.5) is 5.69 Å². The highest BCUT2D eigenvalue weighted by molar-refractivity contribution is 7.92. The van der Waals surface area contributed by atoms with Crippen LogP contribution in [0.3, 0.4) is 0 Å². The normalized spacial score (nSPS) is 29.7. The lowest BCUT2D eigenvalue weighted by Crippen LogP contribution is -2.40. The molecule has 1 saturated heterocycles. The maximum atomic E-state index is 12.4. The van der Waals surface area contributed by atoms with Gasteiger partial charge in [-0.2, -0.15) is 0 Å². The summed E-state index contributed by atoms with van der Waals surface area (Å²) in [5.74, 6) is 0.197. The second-order valence-corrected chi connectivity index (χ2v) is 7.79. The molecule has 0 bridgehead atoms. The Morgan fingerprint density at radius 3 is 2.62 bits per heavy atom. The van der Waals surface area contributed by atoms with E-state index in [4.69, 9.17) is 4.74 Å². The second kappa shape index (κ2) is 4.71. The molecular formula is C14H18N2O4S. The zero-order chi connectivity index (χ0) is 15.3. The smallest absolute Gasteiger partial charge is 0.247 e. The predicted octanol–water partition coefficient (Wildman–Crippen LogP) is 1.06. The molecule has 2 fully saturated rings. The van der Waals surface area contributed by atoms with Crippen LogP contribution in [0.2, 0.25) is 0 Å². The first kappa shape index (κ1) is 14.3. The van der Waals surface area contributed by atoms with E-state index in [9.17, 15) is 13.2 Å². The van der Waals surface area contributed by atoms with Gasteiger partial charge in [0.1, 0.15) is 5.75 Å². The van der Waals surface area contributed by atoms with Gasteiger partial charge in [-0.3, -0.25) is 4.79 Å². The fourth-order valence-corrected chi connectivity index (χ4v) is 5.08. The summed E-state index contributed by atoms with van der Waals surface area (Å²) in [6.45, 7) is 2.89. The summed E-state index contributed by atoms with van der Waals surface area (Å²) >= 11 is 0. The minimum absolute atomic E-state index is 0.0878. The number of nitrogens with zero attached hydrogens (tertiary/aromatic N) is 1. The fourth-order valence-electron chi connectivity index (χ4n) is 2.95. The molecule has 114 valence electrons. The maximum Gasteiger partial charge on any atom is 0.247 e. The lowest BCUT2D eigenvalue weighted by Gasteiger charge is -2.17. The molecule has 3 rings (SSSR count). The van der Waals surface area contributed by atoms with Gasteiger partial charge in [-0.1, -0.05) is 0 Å². The van der Waals surface area contributed by atoms with Gasteiger partial charge in [0.05, 0.1) is 6.61 Å². The van der Waals surface area contributed by atoms with Crippen molar-refractivity contribution < 1.29 is 17.9 Å². The first-order chi connectivity index (χ1) is 9.91. The highest BCUT2D eigenvalue weighted by atomic mass is 32.2. The number of hydrogen-bond donors (Lipinski definition) is 1. The number of fused-ring (bicyclic) bond motifs is 1. The molecule has 7 heteroatoms. The molecule has 2 aliphatic rings. The monoisotopic (exact) mass is 310 g/mol. The van der Waals surface area contributed by atoms with Crippen LogP contribution in [0.1, 0.15) is 13.3 Å². The van der Waals surface area contributed by atoms with Crippen molar-refractivity contribution >= 4 is 21.6 Å². The molecule has 1 N–H and O–H groups in total. The molecule has 1 saturated carbocycles. The Hall–Kier alpha value is -1.60. The molecule has 1 aliphatic carbocycles. The molecule has 0 aromatic heterocycles. The van der Waals surface area contributed by atoms with E-state index in [0.29, 0.717) is 31.0 Å².